The third-order valence-electron chi connectivity index (χ3n) is 3.16. The van der Waals surface area contributed by atoms with Gasteiger partial charge in [0.1, 0.15) is 0 Å². The van der Waals surface area contributed by atoms with Gasteiger partial charge in [0.05, 0.1) is 0 Å². The van der Waals surface area contributed by atoms with Gasteiger partial charge in [0.15, 0.2) is 0 Å². The molecular weight excluding hydrogens is 180 g/mol. The van der Waals surface area contributed by atoms with Crippen LogP contribution in [0.2, 0.25) is 0 Å². The lowest BCUT2D eigenvalue weighted by atomic mass is 9.99. The van der Waals surface area contributed by atoms with Crippen molar-refractivity contribution in [2.45, 2.75) is 39.5 Å². The molecule has 0 radical (unpaired) electrons. The molecule has 0 heterocycles. The number of benzene rings is 1. The van der Waals surface area contributed by atoms with Gasteiger partial charge in [0, 0.05) is 0 Å². The number of allylic oxidation sites excluding steroid dienone is 2. The second-order valence-corrected chi connectivity index (χ2v) is 4.88. The van der Waals surface area contributed by atoms with Gasteiger partial charge in [-0.25, -0.2) is 0 Å². The van der Waals surface area contributed by atoms with E-state index >= 15 is 0 Å². The predicted molar refractivity (Wildman–Crippen MR) is 66.8 cm³/mol. The summed E-state index contributed by atoms with van der Waals surface area (Å²) in [7, 11) is 0. The van der Waals surface area contributed by atoms with Gasteiger partial charge < -0.3 is 0 Å². The van der Waals surface area contributed by atoms with Crippen molar-refractivity contribution in [1.82, 2.24) is 0 Å². The molecule has 2 rings (SSSR count). The highest BCUT2D eigenvalue weighted by molar-refractivity contribution is 5.72. The van der Waals surface area contributed by atoms with E-state index in [2.05, 4.69) is 44.2 Å². The van der Waals surface area contributed by atoms with E-state index < -0.39 is 0 Å². The highest BCUT2D eigenvalue weighted by atomic mass is 14.2. The van der Waals surface area contributed by atoms with E-state index in [1.54, 1.807) is 5.57 Å². The summed E-state index contributed by atoms with van der Waals surface area (Å²) in [5.41, 5.74) is 4.59. The molecule has 1 aromatic carbocycles. The van der Waals surface area contributed by atoms with Crippen LogP contribution >= 0.6 is 0 Å². The van der Waals surface area contributed by atoms with Crippen LogP contribution in [0.5, 0.6) is 0 Å². The van der Waals surface area contributed by atoms with Crippen molar-refractivity contribution in [3.8, 4) is 0 Å². The minimum Gasteiger partial charge on any atom is -0.0763 e. The Labute approximate surface area is 93.0 Å². The van der Waals surface area contributed by atoms with Crippen LogP contribution in [-0.4, -0.2) is 0 Å². The summed E-state index contributed by atoms with van der Waals surface area (Å²) < 4.78 is 0. The van der Waals surface area contributed by atoms with Crippen LogP contribution in [0, 0.1) is 5.92 Å². The van der Waals surface area contributed by atoms with E-state index in [0.29, 0.717) is 0 Å². The first kappa shape index (κ1) is 10.5. The molecule has 0 heteroatoms. The molecular formula is C15H20. The van der Waals surface area contributed by atoms with Gasteiger partial charge in [-0.05, 0) is 41.9 Å². The minimum atomic E-state index is 0.835. The second kappa shape index (κ2) is 4.65. The number of hydrogen-bond acceptors (Lipinski definition) is 0. The fourth-order valence-corrected chi connectivity index (χ4v) is 2.29. The average Bonchev–Trinajstić information content (AvgIpc) is 2.62. The van der Waals surface area contributed by atoms with E-state index in [1.807, 2.05) is 0 Å². The molecule has 0 saturated carbocycles. The molecule has 0 amide bonds. The molecule has 15 heavy (non-hydrogen) atoms. The molecule has 1 aliphatic rings. The maximum Gasteiger partial charge on any atom is -0.00854 e. The lowest BCUT2D eigenvalue weighted by Gasteiger charge is -2.07. The summed E-state index contributed by atoms with van der Waals surface area (Å²) in [6, 6.07) is 8.81. The van der Waals surface area contributed by atoms with E-state index in [1.165, 1.54) is 30.4 Å². The Hall–Kier alpha value is -1.04. The van der Waals surface area contributed by atoms with Crippen molar-refractivity contribution in [1.29, 1.82) is 0 Å². The zero-order valence-corrected chi connectivity index (χ0v) is 9.79. The second-order valence-electron chi connectivity index (χ2n) is 4.88. The minimum absolute atomic E-state index is 0.835. The van der Waals surface area contributed by atoms with E-state index in [0.717, 1.165) is 12.3 Å². The van der Waals surface area contributed by atoms with Gasteiger partial charge in [-0.1, -0.05) is 50.6 Å². The molecule has 0 aromatic heterocycles. The van der Waals surface area contributed by atoms with E-state index in [4.69, 9.17) is 0 Å². The summed E-state index contributed by atoms with van der Waals surface area (Å²) in [4.78, 5) is 0. The lowest BCUT2D eigenvalue weighted by Crippen LogP contribution is -1.89. The zero-order chi connectivity index (χ0) is 10.7. The summed E-state index contributed by atoms with van der Waals surface area (Å²) in [6.45, 7) is 4.61. The molecule has 0 atom stereocenters. The zero-order valence-electron chi connectivity index (χ0n) is 9.79. The molecule has 1 aromatic rings. The van der Waals surface area contributed by atoms with Crippen molar-refractivity contribution < 1.29 is 0 Å². The van der Waals surface area contributed by atoms with Crippen molar-refractivity contribution in [3.05, 3.63) is 41.5 Å². The van der Waals surface area contributed by atoms with Crippen LogP contribution in [0.1, 0.15) is 44.2 Å². The number of rotatable bonds is 4. The van der Waals surface area contributed by atoms with E-state index in [-0.39, 0.29) is 0 Å². The van der Waals surface area contributed by atoms with Crippen LogP contribution < -0.4 is 0 Å². The SMILES string of the molecule is CC(C)CCCC1=CCc2ccccc21. The molecule has 0 unspecified atom stereocenters. The number of hydrogen-bond donors (Lipinski definition) is 0. The molecule has 0 fully saturated rings. The van der Waals surface area contributed by atoms with Crippen molar-refractivity contribution >= 4 is 5.57 Å². The van der Waals surface area contributed by atoms with Gasteiger partial charge in [0.25, 0.3) is 0 Å². The van der Waals surface area contributed by atoms with Crippen molar-refractivity contribution in [3.63, 3.8) is 0 Å². The first-order valence-electron chi connectivity index (χ1n) is 6.04. The Morgan fingerprint density at radius 3 is 2.80 bits per heavy atom. The summed E-state index contributed by atoms with van der Waals surface area (Å²) in [5, 5.41) is 0. The van der Waals surface area contributed by atoms with Crippen LogP contribution in [0.4, 0.5) is 0 Å². The summed E-state index contributed by atoms with van der Waals surface area (Å²) in [6.07, 6.45) is 7.49. The topological polar surface area (TPSA) is 0 Å². The van der Waals surface area contributed by atoms with Crippen LogP contribution in [0.25, 0.3) is 5.57 Å². The van der Waals surface area contributed by atoms with Gasteiger partial charge in [-0.3, -0.25) is 0 Å². The van der Waals surface area contributed by atoms with Gasteiger partial charge in [-0.15, -0.1) is 0 Å². The largest absolute Gasteiger partial charge is 0.0763 e. The Balaban J connectivity index is 1.95. The van der Waals surface area contributed by atoms with Crippen LogP contribution in [0.3, 0.4) is 0 Å². The molecule has 0 bridgehead atoms. The molecule has 0 saturated heterocycles. The highest BCUT2D eigenvalue weighted by Gasteiger charge is 2.12. The van der Waals surface area contributed by atoms with Crippen molar-refractivity contribution in [2.75, 3.05) is 0 Å². The van der Waals surface area contributed by atoms with Gasteiger partial charge in [-0.2, -0.15) is 0 Å². The molecule has 0 N–H and O–H groups in total. The predicted octanol–water partition coefficient (Wildman–Crippen LogP) is 4.45. The summed E-state index contributed by atoms with van der Waals surface area (Å²) in [5.74, 6) is 0.835. The normalized spacial score (nSPS) is 14.2. The Morgan fingerprint density at radius 2 is 2.00 bits per heavy atom. The number of fused-ring (bicyclic) bond motifs is 1. The maximum absolute atomic E-state index is 2.41. The van der Waals surface area contributed by atoms with Crippen LogP contribution in [0.15, 0.2) is 30.3 Å². The first-order valence-corrected chi connectivity index (χ1v) is 6.04. The average molecular weight is 200 g/mol. The molecule has 1 aliphatic carbocycles. The standard InChI is InChI=1S/C15H20/c1-12(2)6-5-8-14-11-10-13-7-3-4-9-15(13)14/h3-4,7,9,11-12H,5-6,8,10H2,1-2H3. The Bertz CT molecular complexity index is 358. The molecule has 0 aliphatic heterocycles. The smallest absolute Gasteiger partial charge is 0.00854 e. The molecule has 0 nitrogen and oxygen atoms in total. The quantitative estimate of drug-likeness (QED) is 0.673. The fourth-order valence-electron chi connectivity index (χ4n) is 2.29. The summed E-state index contributed by atoms with van der Waals surface area (Å²) >= 11 is 0. The van der Waals surface area contributed by atoms with Crippen molar-refractivity contribution in [2.24, 2.45) is 5.92 Å². The Morgan fingerprint density at radius 1 is 1.20 bits per heavy atom. The van der Waals surface area contributed by atoms with E-state index in [9.17, 15) is 0 Å². The Kier molecular flexibility index (Phi) is 3.25. The van der Waals surface area contributed by atoms with Crippen LogP contribution in [-0.2, 0) is 6.42 Å². The van der Waals surface area contributed by atoms with Gasteiger partial charge >= 0.3 is 0 Å². The third kappa shape index (κ3) is 2.50. The molecule has 80 valence electrons. The first-order chi connectivity index (χ1) is 7.27. The molecule has 0 spiro atoms. The third-order valence-corrected chi connectivity index (χ3v) is 3.16. The lowest BCUT2D eigenvalue weighted by molar-refractivity contribution is 0.562. The van der Waals surface area contributed by atoms with Gasteiger partial charge in [0.2, 0.25) is 0 Å². The fraction of sp³-hybridized carbons (Fsp3) is 0.467. The maximum atomic E-state index is 2.41. The highest BCUT2D eigenvalue weighted by Crippen LogP contribution is 2.31. The monoisotopic (exact) mass is 200 g/mol.